The third-order valence-electron chi connectivity index (χ3n) is 3.64. The monoisotopic (exact) mass is 260 g/mol. The molecular weight excluding hydrogens is 236 g/mol. The zero-order chi connectivity index (χ0) is 13.7. The largest absolute Gasteiger partial charge is 0.459 e. The predicted octanol–water partition coefficient (Wildman–Crippen LogP) is 3.43. The van der Waals surface area contributed by atoms with Crippen molar-refractivity contribution in [2.45, 2.75) is 26.8 Å². The van der Waals surface area contributed by atoms with Crippen molar-refractivity contribution in [1.29, 1.82) is 0 Å². The van der Waals surface area contributed by atoms with Crippen LogP contribution in [-0.4, -0.2) is 31.1 Å². The van der Waals surface area contributed by atoms with Gasteiger partial charge in [-0.15, -0.1) is 0 Å². The first kappa shape index (κ1) is 14.1. The number of para-hydroxylation sites is 1. The molecule has 0 saturated carbocycles. The summed E-state index contributed by atoms with van der Waals surface area (Å²) < 4.78 is 5.86. The van der Waals surface area contributed by atoms with Crippen molar-refractivity contribution in [1.82, 2.24) is 10.2 Å². The number of furan rings is 1. The van der Waals surface area contributed by atoms with E-state index in [0.717, 1.165) is 37.5 Å². The maximum atomic E-state index is 5.86. The van der Waals surface area contributed by atoms with E-state index in [1.807, 2.05) is 18.2 Å². The van der Waals surface area contributed by atoms with Crippen molar-refractivity contribution < 1.29 is 4.42 Å². The fraction of sp³-hybridized carbons (Fsp3) is 0.500. The lowest BCUT2D eigenvalue weighted by atomic mass is 10.2. The van der Waals surface area contributed by atoms with Gasteiger partial charge >= 0.3 is 0 Å². The van der Waals surface area contributed by atoms with Crippen LogP contribution in [0.15, 0.2) is 34.7 Å². The maximum absolute atomic E-state index is 5.86. The van der Waals surface area contributed by atoms with E-state index >= 15 is 0 Å². The molecule has 0 amide bonds. The van der Waals surface area contributed by atoms with Crippen molar-refractivity contribution in [3.05, 3.63) is 36.1 Å². The SMILES string of the molecule is CCN(CC)CCN[C@H](C)c1cc2ccccc2o1. The average Bonchev–Trinajstić information content (AvgIpc) is 2.87. The van der Waals surface area contributed by atoms with Crippen LogP contribution in [0.3, 0.4) is 0 Å². The van der Waals surface area contributed by atoms with E-state index in [9.17, 15) is 0 Å². The molecule has 2 rings (SSSR count). The minimum Gasteiger partial charge on any atom is -0.459 e. The lowest BCUT2D eigenvalue weighted by Crippen LogP contribution is -2.32. The smallest absolute Gasteiger partial charge is 0.134 e. The van der Waals surface area contributed by atoms with E-state index < -0.39 is 0 Å². The van der Waals surface area contributed by atoms with Gasteiger partial charge in [-0.1, -0.05) is 32.0 Å². The van der Waals surface area contributed by atoms with Crippen LogP contribution in [0.4, 0.5) is 0 Å². The molecule has 0 saturated heterocycles. The van der Waals surface area contributed by atoms with Gasteiger partial charge in [0.15, 0.2) is 0 Å². The van der Waals surface area contributed by atoms with E-state index in [0.29, 0.717) is 0 Å². The molecule has 3 nitrogen and oxygen atoms in total. The van der Waals surface area contributed by atoms with Crippen LogP contribution in [0.2, 0.25) is 0 Å². The van der Waals surface area contributed by atoms with Crippen molar-refractivity contribution in [3.8, 4) is 0 Å². The summed E-state index contributed by atoms with van der Waals surface area (Å²) in [6.07, 6.45) is 0. The van der Waals surface area contributed by atoms with E-state index in [4.69, 9.17) is 4.42 Å². The second-order valence-corrected chi connectivity index (χ2v) is 4.89. The van der Waals surface area contributed by atoms with Gasteiger partial charge in [-0.3, -0.25) is 0 Å². The van der Waals surface area contributed by atoms with Crippen LogP contribution < -0.4 is 5.32 Å². The molecule has 1 N–H and O–H groups in total. The summed E-state index contributed by atoms with van der Waals surface area (Å²) in [5.74, 6) is 1.01. The highest BCUT2D eigenvalue weighted by molar-refractivity contribution is 5.77. The number of rotatable bonds is 7. The lowest BCUT2D eigenvalue weighted by Gasteiger charge is -2.19. The first-order valence-electron chi connectivity index (χ1n) is 7.18. The van der Waals surface area contributed by atoms with Gasteiger partial charge in [0.05, 0.1) is 6.04 Å². The zero-order valence-corrected chi connectivity index (χ0v) is 12.1. The number of hydrogen-bond donors (Lipinski definition) is 1. The van der Waals surface area contributed by atoms with Crippen LogP contribution in [-0.2, 0) is 0 Å². The molecule has 3 heteroatoms. The van der Waals surface area contributed by atoms with Crippen LogP contribution in [0.5, 0.6) is 0 Å². The summed E-state index contributed by atoms with van der Waals surface area (Å²) >= 11 is 0. The Morgan fingerprint density at radius 2 is 1.95 bits per heavy atom. The van der Waals surface area contributed by atoms with Gasteiger partial charge in [0.1, 0.15) is 11.3 Å². The third kappa shape index (κ3) is 3.58. The summed E-state index contributed by atoms with van der Waals surface area (Å²) in [6, 6.07) is 10.5. The Bertz CT molecular complexity index is 469. The highest BCUT2D eigenvalue weighted by atomic mass is 16.3. The van der Waals surface area contributed by atoms with Gasteiger partial charge < -0.3 is 14.6 Å². The molecule has 0 radical (unpaired) electrons. The molecule has 1 aromatic carbocycles. The van der Waals surface area contributed by atoms with Gasteiger partial charge in [0.25, 0.3) is 0 Å². The Balaban J connectivity index is 1.90. The van der Waals surface area contributed by atoms with Crippen LogP contribution in [0.1, 0.15) is 32.6 Å². The highest BCUT2D eigenvalue weighted by Gasteiger charge is 2.10. The molecule has 1 atom stereocenters. The molecule has 0 unspecified atom stereocenters. The van der Waals surface area contributed by atoms with Crippen LogP contribution in [0.25, 0.3) is 11.0 Å². The number of benzene rings is 1. The van der Waals surface area contributed by atoms with Crippen LogP contribution in [0, 0.1) is 0 Å². The molecule has 0 aliphatic heterocycles. The minimum atomic E-state index is 0.253. The second kappa shape index (κ2) is 6.73. The number of fused-ring (bicyclic) bond motifs is 1. The Labute approximate surface area is 115 Å². The second-order valence-electron chi connectivity index (χ2n) is 4.89. The third-order valence-corrected chi connectivity index (χ3v) is 3.64. The molecule has 0 spiro atoms. The maximum Gasteiger partial charge on any atom is 0.134 e. The highest BCUT2D eigenvalue weighted by Crippen LogP contribution is 2.23. The number of nitrogens with zero attached hydrogens (tertiary/aromatic N) is 1. The summed E-state index contributed by atoms with van der Waals surface area (Å²) in [5.41, 5.74) is 0.967. The van der Waals surface area contributed by atoms with Gasteiger partial charge in [-0.25, -0.2) is 0 Å². The summed E-state index contributed by atoms with van der Waals surface area (Å²) in [7, 11) is 0. The van der Waals surface area contributed by atoms with Crippen molar-refractivity contribution in [2.24, 2.45) is 0 Å². The Morgan fingerprint density at radius 3 is 2.63 bits per heavy atom. The van der Waals surface area contributed by atoms with Crippen molar-refractivity contribution >= 4 is 11.0 Å². The standard InChI is InChI=1S/C16H24N2O/c1-4-18(5-2)11-10-17-13(3)16-12-14-8-6-7-9-15(14)19-16/h6-9,12-13,17H,4-5,10-11H2,1-3H3/t13-/m1/s1. The summed E-state index contributed by atoms with van der Waals surface area (Å²) in [6.45, 7) is 10.8. The molecular formula is C16H24N2O. The average molecular weight is 260 g/mol. The summed E-state index contributed by atoms with van der Waals surface area (Å²) in [4.78, 5) is 2.42. The molecule has 104 valence electrons. The predicted molar refractivity (Wildman–Crippen MR) is 80.4 cm³/mol. The van der Waals surface area contributed by atoms with Gasteiger partial charge in [0.2, 0.25) is 0 Å². The Morgan fingerprint density at radius 1 is 1.21 bits per heavy atom. The molecule has 1 aromatic heterocycles. The molecule has 1 heterocycles. The van der Waals surface area contributed by atoms with E-state index in [1.165, 1.54) is 5.39 Å². The molecule has 0 bridgehead atoms. The molecule has 0 fully saturated rings. The fourth-order valence-electron chi connectivity index (χ4n) is 2.30. The minimum absolute atomic E-state index is 0.253. The molecule has 19 heavy (non-hydrogen) atoms. The normalized spacial score (nSPS) is 13.3. The Kier molecular flexibility index (Phi) is 5.00. The topological polar surface area (TPSA) is 28.4 Å². The number of hydrogen-bond acceptors (Lipinski definition) is 3. The van der Waals surface area contributed by atoms with Gasteiger partial charge in [-0.05, 0) is 32.1 Å². The number of nitrogens with one attached hydrogen (secondary N) is 1. The Hall–Kier alpha value is -1.32. The first-order chi connectivity index (χ1) is 9.24. The quantitative estimate of drug-likeness (QED) is 0.827. The van der Waals surface area contributed by atoms with E-state index in [-0.39, 0.29) is 6.04 Å². The molecule has 2 aromatic rings. The molecule has 0 aliphatic carbocycles. The first-order valence-corrected chi connectivity index (χ1v) is 7.18. The summed E-state index contributed by atoms with van der Waals surface area (Å²) in [5, 5.41) is 4.70. The van der Waals surface area contributed by atoms with E-state index in [1.54, 1.807) is 0 Å². The lowest BCUT2D eigenvalue weighted by molar-refractivity contribution is 0.294. The molecule has 0 aliphatic rings. The zero-order valence-electron chi connectivity index (χ0n) is 12.1. The fourth-order valence-corrected chi connectivity index (χ4v) is 2.30. The van der Waals surface area contributed by atoms with Crippen molar-refractivity contribution in [3.63, 3.8) is 0 Å². The van der Waals surface area contributed by atoms with Crippen molar-refractivity contribution in [2.75, 3.05) is 26.2 Å². The van der Waals surface area contributed by atoms with E-state index in [2.05, 4.69) is 43.1 Å². The number of likely N-dealkylation sites (N-methyl/N-ethyl adjacent to an activating group) is 1. The van der Waals surface area contributed by atoms with Gasteiger partial charge in [0, 0.05) is 18.5 Å². The van der Waals surface area contributed by atoms with Gasteiger partial charge in [-0.2, -0.15) is 0 Å². The van der Waals surface area contributed by atoms with Crippen LogP contribution >= 0.6 is 0 Å².